The van der Waals surface area contributed by atoms with Gasteiger partial charge in [-0.05, 0) is 43.0 Å². The highest BCUT2D eigenvalue weighted by atomic mass is 16.5. The summed E-state index contributed by atoms with van der Waals surface area (Å²) < 4.78 is 7.99. The Morgan fingerprint density at radius 1 is 1.28 bits per heavy atom. The molecule has 0 bridgehead atoms. The maximum atomic E-state index is 12.5. The summed E-state index contributed by atoms with van der Waals surface area (Å²) in [6, 6.07) is 4.20. The third-order valence-electron chi connectivity index (χ3n) is 5.17. The molecule has 1 aliphatic heterocycles. The number of imidazole rings is 1. The van der Waals surface area contributed by atoms with E-state index in [9.17, 15) is 4.79 Å². The minimum Gasteiger partial charge on any atom is -0.475 e. The van der Waals surface area contributed by atoms with Crippen molar-refractivity contribution in [3.63, 3.8) is 0 Å². The van der Waals surface area contributed by atoms with Gasteiger partial charge in [-0.1, -0.05) is 32.9 Å². The fraction of sp³-hybridized carbons (Fsp3) is 0.500. The Kier molecular flexibility index (Phi) is 5.30. The lowest BCUT2D eigenvalue weighted by atomic mass is 9.92. The third kappa shape index (κ3) is 4.60. The summed E-state index contributed by atoms with van der Waals surface area (Å²) >= 11 is 0. The lowest BCUT2D eigenvalue weighted by Gasteiger charge is -2.28. The Morgan fingerprint density at radius 3 is 2.76 bits per heavy atom. The van der Waals surface area contributed by atoms with Crippen LogP contribution in [0.2, 0.25) is 0 Å². The molecule has 2 aliphatic rings. The van der Waals surface area contributed by atoms with Gasteiger partial charge < -0.3 is 10.1 Å². The Bertz CT molecular complexity index is 950. The molecule has 2 aromatic heterocycles. The summed E-state index contributed by atoms with van der Waals surface area (Å²) in [5.41, 5.74) is 1.47. The highest BCUT2D eigenvalue weighted by Gasteiger charge is 2.27. The second-order valence-corrected chi connectivity index (χ2v) is 9.00. The van der Waals surface area contributed by atoms with Gasteiger partial charge >= 0.3 is 0 Å². The second-order valence-electron chi connectivity index (χ2n) is 9.00. The molecular weight excluding hydrogens is 366 g/mol. The monoisotopic (exact) mass is 395 g/mol. The first kappa shape index (κ1) is 19.5. The SMILES string of the molecule is CC(C)(C)CC(=O)Nc1nc2ccc(OCC3C=CC=CN3)nc2n1C1CCC1. The van der Waals surface area contributed by atoms with E-state index in [0.29, 0.717) is 30.9 Å². The van der Waals surface area contributed by atoms with E-state index < -0.39 is 0 Å². The van der Waals surface area contributed by atoms with Crippen LogP contribution in [-0.2, 0) is 4.79 Å². The molecule has 29 heavy (non-hydrogen) atoms. The number of hydrogen-bond donors (Lipinski definition) is 2. The van der Waals surface area contributed by atoms with E-state index in [1.54, 1.807) is 0 Å². The number of nitrogens with one attached hydrogen (secondary N) is 2. The lowest BCUT2D eigenvalue weighted by molar-refractivity contribution is -0.117. The quantitative estimate of drug-likeness (QED) is 0.774. The Morgan fingerprint density at radius 2 is 2.10 bits per heavy atom. The Hall–Kier alpha value is -2.83. The van der Waals surface area contributed by atoms with Crippen LogP contribution in [0, 0.1) is 5.41 Å². The molecule has 2 N–H and O–H groups in total. The van der Waals surface area contributed by atoms with Crippen molar-refractivity contribution >= 4 is 23.0 Å². The number of carbonyl (C=O) groups is 1. The molecular formula is C22H29N5O2. The van der Waals surface area contributed by atoms with Gasteiger partial charge in [0.1, 0.15) is 12.1 Å². The van der Waals surface area contributed by atoms with Gasteiger partial charge in [0.15, 0.2) is 5.65 Å². The number of anilines is 1. The first-order valence-electron chi connectivity index (χ1n) is 10.3. The fourth-order valence-corrected chi connectivity index (χ4v) is 3.53. The van der Waals surface area contributed by atoms with Crippen LogP contribution in [0.25, 0.3) is 11.2 Å². The summed E-state index contributed by atoms with van der Waals surface area (Å²) in [6.45, 7) is 6.66. The van der Waals surface area contributed by atoms with Crippen LogP contribution in [0.1, 0.15) is 52.5 Å². The number of carbonyl (C=O) groups excluding carboxylic acids is 1. The molecule has 7 heteroatoms. The second kappa shape index (κ2) is 7.89. The zero-order valence-electron chi connectivity index (χ0n) is 17.3. The molecule has 2 aromatic rings. The summed E-state index contributed by atoms with van der Waals surface area (Å²) in [5.74, 6) is 1.13. The van der Waals surface area contributed by atoms with Gasteiger partial charge in [0.05, 0.1) is 6.04 Å². The largest absolute Gasteiger partial charge is 0.475 e. The van der Waals surface area contributed by atoms with Crippen LogP contribution < -0.4 is 15.4 Å². The van der Waals surface area contributed by atoms with Crippen LogP contribution in [0.4, 0.5) is 5.95 Å². The van der Waals surface area contributed by atoms with Gasteiger partial charge in [0.25, 0.3) is 0 Å². The highest BCUT2D eigenvalue weighted by Crippen LogP contribution is 2.37. The molecule has 1 unspecified atom stereocenters. The first-order chi connectivity index (χ1) is 13.9. The molecule has 0 radical (unpaired) electrons. The van der Waals surface area contributed by atoms with Crippen molar-refractivity contribution in [3.8, 4) is 5.88 Å². The third-order valence-corrected chi connectivity index (χ3v) is 5.17. The van der Waals surface area contributed by atoms with Crippen molar-refractivity contribution in [3.05, 3.63) is 36.6 Å². The van der Waals surface area contributed by atoms with Gasteiger partial charge in [0, 0.05) is 18.5 Å². The summed E-state index contributed by atoms with van der Waals surface area (Å²) in [5, 5.41) is 6.25. The molecule has 1 fully saturated rings. The van der Waals surface area contributed by atoms with Crippen molar-refractivity contribution in [2.75, 3.05) is 11.9 Å². The molecule has 1 atom stereocenters. The van der Waals surface area contributed by atoms with Crippen molar-refractivity contribution in [1.29, 1.82) is 0 Å². The average Bonchev–Trinajstić information content (AvgIpc) is 2.95. The van der Waals surface area contributed by atoms with Crippen LogP contribution in [-0.4, -0.2) is 33.1 Å². The number of pyridine rings is 1. The van der Waals surface area contributed by atoms with E-state index in [1.165, 1.54) is 6.42 Å². The summed E-state index contributed by atoms with van der Waals surface area (Å²) in [6.07, 6.45) is 11.7. The number of aromatic nitrogens is 3. The van der Waals surface area contributed by atoms with Crippen molar-refractivity contribution in [2.45, 2.75) is 58.5 Å². The first-order valence-corrected chi connectivity index (χ1v) is 10.3. The lowest BCUT2D eigenvalue weighted by Crippen LogP contribution is -2.30. The van der Waals surface area contributed by atoms with Gasteiger partial charge in [-0.2, -0.15) is 4.98 Å². The number of rotatable bonds is 6. The van der Waals surface area contributed by atoms with Crippen LogP contribution in [0.5, 0.6) is 5.88 Å². The van der Waals surface area contributed by atoms with Crippen molar-refractivity contribution in [2.24, 2.45) is 5.41 Å². The molecule has 1 amide bonds. The van der Waals surface area contributed by atoms with Crippen molar-refractivity contribution < 1.29 is 9.53 Å². The molecule has 154 valence electrons. The maximum absolute atomic E-state index is 12.5. The molecule has 3 heterocycles. The molecule has 0 spiro atoms. The van der Waals surface area contributed by atoms with E-state index in [4.69, 9.17) is 9.72 Å². The van der Waals surface area contributed by atoms with E-state index >= 15 is 0 Å². The molecule has 1 aliphatic carbocycles. The van der Waals surface area contributed by atoms with E-state index in [1.807, 2.05) is 30.5 Å². The number of dihydropyridines is 1. The predicted molar refractivity (Wildman–Crippen MR) is 114 cm³/mol. The van der Waals surface area contributed by atoms with E-state index in [0.717, 1.165) is 24.0 Å². The highest BCUT2D eigenvalue weighted by molar-refractivity contribution is 5.91. The van der Waals surface area contributed by atoms with Gasteiger partial charge in [-0.3, -0.25) is 14.7 Å². The molecule has 4 rings (SSSR count). The topological polar surface area (TPSA) is 81.1 Å². The van der Waals surface area contributed by atoms with Gasteiger partial charge in [-0.15, -0.1) is 0 Å². The number of amides is 1. The Labute approximate surface area is 171 Å². The summed E-state index contributed by atoms with van der Waals surface area (Å²) in [7, 11) is 0. The molecule has 1 saturated carbocycles. The fourth-order valence-electron chi connectivity index (χ4n) is 3.53. The van der Waals surface area contributed by atoms with E-state index in [-0.39, 0.29) is 17.4 Å². The molecule has 0 aromatic carbocycles. The van der Waals surface area contributed by atoms with Crippen molar-refractivity contribution in [1.82, 2.24) is 19.9 Å². The molecule has 7 nitrogen and oxygen atoms in total. The zero-order valence-corrected chi connectivity index (χ0v) is 17.3. The number of fused-ring (bicyclic) bond motifs is 1. The summed E-state index contributed by atoms with van der Waals surface area (Å²) in [4.78, 5) is 21.9. The van der Waals surface area contributed by atoms with Gasteiger partial charge in [-0.25, -0.2) is 4.98 Å². The normalized spacial score (nSPS) is 19.1. The smallest absolute Gasteiger partial charge is 0.227 e. The minimum absolute atomic E-state index is 0.0203. The predicted octanol–water partition coefficient (Wildman–Crippen LogP) is 3.95. The average molecular weight is 396 g/mol. The minimum atomic E-state index is -0.0759. The standard InChI is InChI=1S/C22H29N5O2/c1-22(2,3)13-18(28)25-21-24-17-10-11-19(29-14-15-7-4-5-12-23-15)26-20(17)27(21)16-8-6-9-16/h4-5,7,10-12,15-16,23H,6,8-9,13-14H2,1-3H3,(H,24,25,28). The van der Waals surface area contributed by atoms with E-state index in [2.05, 4.69) is 47.0 Å². The Balaban J connectivity index is 1.56. The maximum Gasteiger partial charge on any atom is 0.227 e. The number of allylic oxidation sites excluding steroid dienone is 2. The van der Waals surface area contributed by atoms with Crippen LogP contribution in [0.15, 0.2) is 36.6 Å². The number of ether oxygens (including phenoxy) is 1. The molecule has 0 saturated heterocycles. The van der Waals surface area contributed by atoms with Crippen LogP contribution in [0.3, 0.4) is 0 Å². The van der Waals surface area contributed by atoms with Crippen LogP contribution >= 0.6 is 0 Å². The number of nitrogens with zero attached hydrogens (tertiary/aromatic N) is 3. The van der Waals surface area contributed by atoms with Gasteiger partial charge in [0.2, 0.25) is 17.7 Å². The number of hydrogen-bond acceptors (Lipinski definition) is 5. The zero-order chi connectivity index (χ0) is 20.4.